The van der Waals surface area contributed by atoms with Crippen LogP contribution in [0.5, 0.6) is 0 Å². The third-order valence-corrected chi connectivity index (χ3v) is 4.02. The number of thiazole rings is 1. The Morgan fingerprint density at radius 2 is 2.32 bits per heavy atom. The van der Waals surface area contributed by atoms with Crippen LogP contribution < -0.4 is 10.6 Å². The molecule has 7 heteroatoms. The first-order valence-corrected chi connectivity index (χ1v) is 7.17. The highest BCUT2D eigenvalue weighted by molar-refractivity contribution is 7.11. The van der Waals surface area contributed by atoms with Crippen LogP contribution in [0.25, 0.3) is 0 Å². The minimum absolute atomic E-state index is 0.0127. The van der Waals surface area contributed by atoms with E-state index in [0.717, 1.165) is 25.1 Å². The molecule has 0 aromatic carbocycles. The molecule has 104 valence electrons. The van der Waals surface area contributed by atoms with E-state index in [1.165, 1.54) is 11.3 Å². The Bertz CT molecular complexity index is 474. The summed E-state index contributed by atoms with van der Waals surface area (Å²) in [5, 5.41) is 7.78. The number of carbonyl (C=O) groups is 2. The van der Waals surface area contributed by atoms with Gasteiger partial charge < -0.3 is 15.5 Å². The van der Waals surface area contributed by atoms with E-state index in [1.807, 2.05) is 12.3 Å². The highest BCUT2D eigenvalue weighted by Crippen LogP contribution is 2.16. The molecule has 1 fully saturated rings. The molecule has 1 aromatic heterocycles. The number of hydrogen-bond donors (Lipinski definition) is 2. The summed E-state index contributed by atoms with van der Waals surface area (Å²) in [6, 6.07) is -0.192. The highest BCUT2D eigenvalue weighted by Gasteiger charge is 2.26. The summed E-state index contributed by atoms with van der Waals surface area (Å²) < 4.78 is 0. The second-order valence-corrected chi connectivity index (χ2v) is 5.47. The summed E-state index contributed by atoms with van der Waals surface area (Å²) in [4.78, 5) is 29.5. The van der Waals surface area contributed by atoms with Gasteiger partial charge in [-0.2, -0.15) is 0 Å². The number of nitrogens with zero attached hydrogens (tertiary/aromatic N) is 2. The third-order valence-electron chi connectivity index (χ3n) is 3.07. The number of aromatic nitrogens is 1. The molecule has 2 heterocycles. The molecule has 0 bridgehead atoms. The number of amides is 3. The Morgan fingerprint density at radius 1 is 1.53 bits per heavy atom. The van der Waals surface area contributed by atoms with Gasteiger partial charge in [-0.15, -0.1) is 11.3 Å². The first-order valence-electron chi connectivity index (χ1n) is 6.30. The molecule has 0 aliphatic carbocycles. The quantitative estimate of drug-likeness (QED) is 0.849. The molecule has 6 nitrogen and oxygen atoms in total. The van der Waals surface area contributed by atoms with Gasteiger partial charge in [-0.05, 0) is 19.8 Å². The maximum absolute atomic E-state index is 12.3. The van der Waals surface area contributed by atoms with Gasteiger partial charge in [0.1, 0.15) is 0 Å². The summed E-state index contributed by atoms with van der Waals surface area (Å²) >= 11 is 1.37. The fraction of sp³-hybridized carbons (Fsp3) is 0.583. The molecule has 1 unspecified atom stereocenters. The van der Waals surface area contributed by atoms with Crippen LogP contribution in [0.2, 0.25) is 0 Å². The fourth-order valence-electron chi connectivity index (χ4n) is 2.12. The van der Waals surface area contributed by atoms with Gasteiger partial charge in [-0.3, -0.25) is 4.79 Å². The summed E-state index contributed by atoms with van der Waals surface area (Å²) in [7, 11) is 1.58. The van der Waals surface area contributed by atoms with Crippen molar-refractivity contribution in [1.82, 2.24) is 20.5 Å². The highest BCUT2D eigenvalue weighted by atomic mass is 32.1. The third kappa shape index (κ3) is 3.44. The largest absolute Gasteiger partial charge is 0.341 e. The van der Waals surface area contributed by atoms with Crippen molar-refractivity contribution in [1.29, 1.82) is 0 Å². The van der Waals surface area contributed by atoms with E-state index in [4.69, 9.17) is 0 Å². The monoisotopic (exact) mass is 282 g/mol. The van der Waals surface area contributed by atoms with Crippen LogP contribution in [0.4, 0.5) is 4.79 Å². The first-order chi connectivity index (χ1) is 9.10. The van der Waals surface area contributed by atoms with Crippen molar-refractivity contribution in [2.45, 2.75) is 25.8 Å². The topological polar surface area (TPSA) is 74.3 Å². The molecular formula is C12H18N4O2S. The molecule has 1 atom stereocenters. The zero-order valence-corrected chi connectivity index (χ0v) is 11.9. The lowest BCUT2D eigenvalue weighted by Crippen LogP contribution is -2.51. The van der Waals surface area contributed by atoms with E-state index in [2.05, 4.69) is 15.6 Å². The minimum Gasteiger partial charge on any atom is -0.341 e. The zero-order chi connectivity index (χ0) is 13.8. The minimum atomic E-state index is -0.204. The number of nitrogens with one attached hydrogen (secondary N) is 2. The molecule has 2 N–H and O–H groups in total. The van der Waals surface area contributed by atoms with Crippen LogP contribution >= 0.6 is 11.3 Å². The van der Waals surface area contributed by atoms with Crippen LogP contribution in [-0.4, -0.2) is 48.0 Å². The molecule has 1 aromatic rings. The lowest BCUT2D eigenvalue weighted by Gasteiger charge is -2.32. The van der Waals surface area contributed by atoms with E-state index in [1.54, 1.807) is 11.9 Å². The van der Waals surface area contributed by atoms with Crippen LogP contribution in [-0.2, 0) is 0 Å². The molecule has 19 heavy (non-hydrogen) atoms. The number of rotatable bonds is 2. The Labute approximate surface area is 116 Å². The van der Waals surface area contributed by atoms with E-state index < -0.39 is 0 Å². The molecule has 1 saturated heterocycles. The van der Waals surface area contributed by atoms with Crippen LogP contribution in [0.15, 0.2) is 5.38 Å². The van der Waals surface area contributed by atoms with Crippen LogP contribution in [0.3, 0.4) is 0 Å². The van der Waals surface area contributed by atoms with Gasteiger partial charge >= 0.3 is 6.03 Å². The predicted molar refractivity (Wildman–Crippen MR) is 73.4 cm³/mol. The number of hydrogen-bond acceptors (Lipinski definition) is 4. The standard InChI is InChI=1S/C12H18N4O2S/c1-8-7-19-10(14-8)11(17)16-5-3-4-9(6-16)15-12(18)13-2/h7,9H,3-6H2,1-2H3,(H2,13,15,18). The SMILES string of the molecule is CNC(=O)NC1CCCN(C(=O)c2nc(C)cs2)C1. The van der Waals surface area contributed by atoms with Gasteiger partial charge in [0.25, 0.3) is 5.91 Å². The number of likely N-dealkylation sites (tertiary alicyclic amines) is 1. The van der Waals surface area contributed by atoms with Gasteiger partial charge in [-0.1, -0.05) is 0 Å². The van der Waals surface area contributed by atoms with E-state index in [9.17, 15) is 9.59 Å². The molecular weight excluding hydrogens is 264 g/mol. The van der Waals surface area contributed by atoms with Crippen molar-refractivity contribution in [2.24, 2.45) is 0 Å². The second kappa shape index (κ2) is 6.01. The van der Waals surface area contributed by atoms with Gasteiger partial charge in [0.15, 0.2) is 5.01 Å². The predicted octanol–water partition coefficient (Wildman–Crippen LogP) is 0.985. The van der Waals surface area contributed by atoms with Crippen molar-refractivity contribution < 1.29 is 9.59 Å². The molecule has 1 aliphatic rings. The number of piperidine rings is 1. The van der Waals surface area contributed by atoms with Crippen molar-refractivity contribution in [3.05, 3.63) is 16.1 Å². The Morgan fingerprint density at radius 3 is 2.95 bits per heavy atom. The van der Waals surface area contributed by atoms with Gasteiger partial charge in [0, 0.05) is 37.3 Å². The Kier molecular flexibility index (Phi) is 4.36. The Hall–Kier alpha value is -1.63. The van der Waals surface area contributed by atoms with E-state index in [-0.39, 0.29) is 18.0 Å². The molecule has 0 spiro atoms. The maximum Gasteiger partial charge on any atom is 0.314 e. The molecule has 1 aliphatic heterocycles. The summed E-state index contributed by atoms with van der Waals surface area (Å²) in [5.74, 6) is -0.0403. The summed E-state index contributed by atoms with van der Waals surface area (Å²) in [6.45, 7) is 3.15. The average Bonchev–Trinajstić information content (AvgIpc) is 2.84. The van der Waals surface area contributed by atoms with Crippen molar-refractivity contribution in [3.63, 3.8) is 0 Å². The molecule has 0 radical (unpaired) electrons. The van der Waals surface area contributed by atoms with E-state index >= 15 is 0 Å². The van der Waals surface area contributed by atoms with Crippen molar-refractivity contribution >= 4 is 23.3 Å². The smallest absolute Gasteiger partial charge is 0.314 e. The number of carbonyl (C=O) groups excluding carboxylic acids is 2. The average molecular weight is 282 g/mol. The molecule has 0 saturated carbocycles. The van der Waals surface area contributed by atoms with Crippen molar-refractivity contribution in [3.8, 4) is 0 Å². The number of aryl methyl sites for hydroxylation is 1. The summed E-state index contributed by atoms with van der Waals surface area (Å²) in [5.41, 5.74) is 0.866. The Balaban J connectivity index is 1.97. The first kappa shape index (κ1) is 13.8. The number of urea groups is 1. The normalized spacial score (nSPS) is 19.1. The van der Waals surface area contributed by atoms with Gasteiger partial charge in [0.2, 0.25) is 0 Å². The van der Waals surface area contributed by atoms with Gasteiger partial charge in [-0.25, -0.2) is 9.78 Å². The summed E-state index contributed by atoms with van der Waals surface area (Å²) in [6.07, 6.45) is 1.79. The van der Waals surface area contributed by atoms with Crippen molar-refractivity contribution in [2.75, 3.05) is 20.1 Å². The lowest BCUT2D eigenvalue weighted by molar-refractivity contribution is 0.0697. The van der Waals surface area contributed by atoms with Crippen LogP contribution in [0, 0.1) is 6.92 Å². The lowest BCUT2D eigenvalue weighted by atomic mass is 10.1. The van der Waals surface area contributed by atoms with Crippen LogP contribution in [0.1, 0.15) is 28.3 Å². The van der Waals surface area contributed by atoms with E-state index in [0.29, 0.717) is 11.6 Å². The second-order valence-electron chi connectivity index (χ2n) is 4.61. The van der Waals surface area contributed by atoms with Gasteiger partial charge in [0.05, 0.1) is 0 Å². The molecule has 3 amide bonds. The maximum atomic E-state index is 12.3. The molecule has 2 rings (SSSR count). The fourth-order valence-corrected chi connectivity index (χ4v) is 2.89. The zero-order valence-electron chi connectivity index (χ0n) is 11.1.